The zero-order chi connectivity index (χ0) is 8.91. The van der Waals surface area contributed by atoms with Crippen molar-refractivity contribution >= 4 is 25.9 Å². The summed E-state index contributed by atoms with van der Waals surface area (Å²) in [5.41, 5.74) is 0. The second-order valence-electron chi connectivity index (χ2n) is 2.17. The monoisotopic (exact) mass is 194 g/mol. The molecule has 0 bridgehead atoms. The van der Waals surface area contributed by atoms with Crippen molar-refractivity contribution in [2.24, 2.45) is 0 Å². The first-order chi connectivity index (χ1) is 5.10. The van der Waals surface area contributed by atoms with Crippen LogP contribution in [0, 0.1) is 0 Å². The van der Waals surface area contributed by atoms with Crippen LogP contribution in [-0.4, -0.2) is 35.0 Å². The Morgan fingerprint density at radius 2 is 1.55 bits per heavy atom. The van der Waals surface area contributed by atoms with Gasteiger partial charge in [-0.15, -0.1) is 0 Å². The van der Waals surface area contributed by atoms with E-state index < -0.39 is 8.80 Å². The third-order valence-corrected chi connectivity index (χ3v) is 4.63. The normalized spacial score (nSPS) is 11.6. The van der Waals surface area contributed by atoms with Crippen molar-refractivity contribution in [2.45, 2.75) is 13.0 Å². The standard InChI is InChI=1S/C6H14O3SSi/c1-6(10)5-11(7-2,8-3)9-4/h5H2,1-4H3. The molecule has 0 aliphatic heterocycles. The maximum Gasteiger partial charge on any atom is 0.505 e. The van der Waals surface area contributed by atoms with Crippen LogP contribution in [0.15, 0.2) is 0 Å². The van der Waals surface area contributed by atoms with Gasteiger partial charge in [-0.25, -0.2) is 0 Å². The lowest BCUT2D eigenvalue weighted by molar-refractivity contribution is 0.128. The minimum absolute atomic E-state index is 0.603. The van der Waals surface area contributed by atoms with Crippen LogP contribution in [0.2, 0.25) is 6.04 Å². The van der Waals surface area contributed by atoms with Crippen LogP contribution < -0.4 is 0 Å². The van der Waals surface area contributed by atoms with E-state index in [1.165, 1.54) is 0 Å². The van der Waals surface area contributed by atoms with E-state index in [1.807, 2.05) is 6.92 Å². The molecule has 0 amide bonds. The molecular weight excluding hydrogens is 180 g/mol. The predicted molar refractivity (Wildman–Crippen MR) is 49.9 cm³/mol. The van der Waals surface area contributed by atoms with Gasteiger partial charge in [0, 0.05) is 27.4 Å². The summed E-state index contributed by atoms with van der Waals surface area (Å²) in [6, 6.07) is 0.603. The molecular formula is C6H14O3SSi. The van der Waals surface area contributed by atoms with Crippen molar-refractivity contribution in [3.05, 3.63) is 0 Å². The second kappa shape index (κ2) is 4.94. The third kappa shape index (κ3) is 3.39. The highest BCUT2D eigenvalue weighted by molar-refractivity contribution is 7.80. The minimum Gasteiger partial charge on any atom is -0.377 e. The number of hydrogen-bond donors (Lipinski definition) is 0. The fourth-order valence-electron chi connectivity index (χ4n) is 0.771. The van der Waals surface area contributed by atoms with Gasteiger partial charge < -0.3 is 13.3 Å². The van der Waals surface area contributed by atoms with Crippen LogP contribution in [0.4, 0.5) is 0 Å². The van der Waals surface area contributed by atoms with Gasteiger partial charge in [-0.2, -0.15) is 0 Å². The Bertz CT molecular complexity index is 128. The highest BCUT2D eigenvalue weighted by atomic mass is 32.1. The van der Waals surface area contributed by atoms with Crippen LogP contribution >= 0.6 is 12.2 Å². The topological polar surface area (TPSA) is 27.7 Å². The Kier molecular flexibility index (Phi) is 5.03. The van der Waals surface area contributed by atoms with Gasteiger partial charge in [-0.1, -0.05) is 12.2 Å². The molecule has 5 heteroatoms. The fourth-order valence-corrected chi connectivity index (χ4v) is 2.84. The van der Waals surface area contributed by atoms with E-state index in [4.69, 9.17) is 25.5 Å². The molecule has 0 aliphatic carbocycles. The Labute approximate surface area is 74.0 Å². The zero-order valence-electron chi connectivity index (χ0n) is 7.34. The van der Waals surface area contributed by atoms with Crippen molar-refractivity contribution in [1.82, 2.24) is 0 Å². The van der Waals surface area contributed by atoms with E-state index in [9.17, 15) is 0 Å². The first-order valence-electron chi connectivity index (χ1n) is 3.25. The smallest absolute Gasteiger partial charge is 0.377 e. The molecule has 0 saturated heterocycles. The number of rotatable bonds is 5. The average molecular weight is 194 g/mol. The molecule has 0 atom stereocenters. The van der Waals surface area contributed by atoms with Gasteiger partial charge in [0.2, 0.25) is 0 Å². The molecule has 0 radical (unpaired) electrons. The quantitative estimate of drug-likeness (QED) is 0.486. The van der Waals surface area contributed by atoms with E-state index in [0.717, 1.165) is 4.86 Å². The lowest BCUT2D eigenvalue weighted by Crippen LogP contribution is -2.43. The third-order valence-electron chi connectivity index (χ3n) is 1.40. The van der Waals surface area contributed by atoms with Gasteiger partial charge in [0.15, 0.2) is 0 Å². The largest absolute Gasteiger partial charge is 0.505 e. The fraction of sp³-hybridized carbons (Fsp3) is 0.833. The summed E-state index contributed by atoms with van der Waals surface area (Å²) in [5, 5.41) is 0. The molecule has 0 unspecified atom stereocenters. The molecule has 0 fully saturated rings. The van der Waals surface area contributed by atoms with Crippen molar-refractivity contribution in [2.75, 3.05) is 21.3 Å². The van der Waals surface area contributed by atoms with E-state index in [2.05, 4.69) is 0 Å². The van der Waals surface area contributed by atoms with Gasteiger partial charge in [0.1, 0.15) is 0 Å². The molecule has 0 N–H and O–H groups in total. The molecule has 0 heterocycles. The maximum atomic E-state index is 5.15. The van der Waals surface area contributed by atoms with E-state index >= 15 is 0 Å². The minimum atomic E-state index is -2.42. The summed E-state index contributed by atoms with van der Waals surface area (Å²) >= 11 is 4.94. The molecule has 0 aromatic carbocycles. The summed E-state index contributed by atoms with van der Waals surface area (Å²) < 4.78 is 15.5. The summed E-state index contributed by atoms with van der Waals surface area (Å²) in [5.74, 6) is 0. The summed E-state index contributed by atoms with van der Waals surface area (Å²) in [6.45, 7) is 1.86. The van der Waals surface area contributed by atoms with E-state index in [0.29, 0.717) is 6.04 Å². The summed E-state index contributed by atoms with van der Waals surface area (Å²) in [4.78, 5) is 0.849. The van der Waals surface area contributed by atoms with Gasteiger partial charge in [0.05, 0.1) is 0 Å². The van der Waals surface area contributed by atoms with Gasteiger partial charge in [0.25, 0.3) is 0 Å². The van der Waals surface area contributed by atoms with Crippen LogP contribution in [0.3, 0.4) is 0 Å². The highest BCUT2D eigenvalue weighted by Crippen LogP contribution is 2.13. The lowest BCUT2D eigenvalue weighted by Gasteiger charge is -2.23. The van der Waals surface area contributed by atoms with Crippen molar-refractivity contribution < 1.29 is 13.3 Å². The average Bonchev–Trinajstić information content (AvgIpc) is 2.00. The summed E-state index contributed by atoms with van der Waals surface area (Å²) in [6.07, 6.45) is 0. The van der Waals surface area contributed by atoms with Crippen LogP contribution in [0.1, 0.15) is 6.92 Å². The van der Waals surface area contributed by atoms with Gasteiger partial charge in [-0.05, 0) is 11.8 Å². The molecule has 0 aromatic heterocycles. The lowest BCUT2D eigenvalue weighted by atomic mass is 10.6. The molecule has 0 aromatic rings. The highest BCUT2D eigenvalue weighted by Gasteiger charge is 2.37. The zero-order valence-corrected chi connectivity index (χ0v) is 9.16. The van der Waals surface area contributed by atoms with Crippen molar-refractivity contribution in [1.29, 1.82) is 0 Å². The molecule has 66 valence electrons. The molecule has 11 heavy (non-hydrogen) atoms. The molecule has 0 spiro atoms. The SMILES string of the molecule is CO[Si](CC(C)=S)(OC)OC. The Morgan fingerprint density at radius 1 is 1.18 bits per heavy atom. The Hall–Kier alpha value is 0.187. The maximum absolute atomic E-state index is 5.15. The van der Waals surface area contributed by atoms with E-state index in [1.54, 1.807) is 21.3 Å². The van der Waals surface area contributed by atoms with Crippen LogP contribution in [0.5, 0.6) is 0 Å². The molecule has 3 nitrogen and oxygen atoms in total. The molecule has 0 aliphatic rings. The van der Waals surface area contributed by atoms with Crippen molar-refractivity contribution in [3.8, 4) is 0 Å². The van der Waals surface area contributed by atoms with Crippen LogP contribution in [0.25, 0.3) is 0 Å². The van der Waals surface area contributed by atoms with Gasteiger partial charge in [-0.3, -0.25) is 0 Å². The van der Waals surface area contributed by atoms with Crippen molar-refractivity contribution in [3.63, 3.8) is 0 Å². The van der Waals surface area contributed by atoms with Crippen LogP contribution in [-0.2, 0) is 13.3 Å². The first kappa shape index (κ1) is 11.2. The van der Waals surface area contributed by atoms with E-state index in [-0.39, 0.29) is 0 Å². The molecule has 0 rings (SSSR count). The summed E-state index contributed by atoms with van der Waals surface area (Å²) in [7, 11) is 2.32. The Morgan fingerprint density at radius 3 is 1.64 bits per heavy atom. The number of thiocarbonyl (C=S) groups is 1. The second-order valence-corrected chi connectivity index (χ2v) is 5.82. The first-order valence-corrected chi connectivity index (χ1v) is 5.59. The van der Waals surface area contributed by atoms with Gasteiger partial charge >= 0.3 is 8.80 Å². The predicted octanol–water partition coefficient (Wildman–Crippen LogP) is 1.25. The molecule has 0 saturated carbocycles. The Balaban J connectivity index is 4.16. The number of hydrogen-bond acceptors (Lipinski definition) is 4.